The zero-order valence-corrected chi connectivity index (χ0v) is 12.4. The average molecular weight is 307 g/mol. The van der Waals surface area contributed by atoms with Gasteiger partial charge in [-0.2, -0.15) is 0 Å². The van der Waals surface area contributed by atoms with Crippen molar-refractivity contribution in [3.8, 4) is 0 Å². The van der Waals surface area contributed by atoms with Crippen LogP contribution in [0.4, 0.5) is 5.00 Å². The lowest BCUT2D eigenvalue weighted by Crippen LogP contribution is -2.13. The Bertz CT molecular complexity index is 637. The second-order valence-electron chi connectivity index (χ2n) is 4.07. The maximum Gasteiger partial charge on any atom is 0.345 e. The highest BCUT2D eigenvalue weighted by molar-refractivity contribution is 8.00. The molecule has 0 atom stereocenters. The smallest absolute Gasteiger partial charge is 0.345 e. The van der Waals surface area contributed by atoms with E-state index >= 15 is 0 Å². The fourth-order valence-electron chi connectivity index (χ4n) is 1.56. The number of hydrogen-bond donors (Lipinski definition) is 2. The summed E-state index contributed by atoms with van der Waals surface area (Å²) in [6.45, 7) is 2.00. The van der Waals surface area contributed by atoms with Crippen molar-refractivity contribution in [2.24, 2.45) is 0 Å². The quantitative estimate of drug-likeness (QED) is 0.830. The highest BCUT2D eigenvalue weighted by Gasteiger charge is 2.10. The van der Waals surface area contributed by atoms with Gasteiger partial charge in [-0.25, -0.2) is 4.79 Å². The molecule has 2 aromatic rings. The number of thiophene rings is 1. The van der Waals surface area contributed by atoms with Crippen molar-refractivity contribution < 1.29 is 14.7 Å². The molecule has 0 saturated carbocycles. The van der Waals surface area contributed by atoms with Crippen LogP contribution >= 0.6 is 23.1 Å². The van der Waals surface area contributed by atoms with Crippen LogP contribution in [0.15, 0.2) is 41.3 Å². The maximum atomic E-state index is 11.8. The van der Waals surface area contributed by atoms with E-state index in [0.29, 0.717) is 10.8 Å². The van der Waals surface area contributed by atoms with Crippen LogP contribution in [0.1, 0.15) is 15.2 Å². The van der Waals surface area contributed by atoms with Crippen molar-refractivity contribution in [2.75, 3.05) is 11.1 Å². The number of rotatable bonds is 5. The molecule has 0 saturated heterocycles. The highest BCUT2D eigenvalue weighted by atomic mass is 32.2. The molecule has 1 amide bonds. The molecule has 0 fully saturated rings. The Kier molecular flexibility index (Phi) is 4.81. The molecule has 0 aliphatic rings. The van der Waals surface area contributed by atoms with Crippen molar-refractivity contribution in [3.63, 3.8) is 0 Å². The van der Waals surface area contributed by atoms with Crippen LogP contribution in [-0.4, -0.2) is 22.7 Å². The molecule has 0 aliphatic heterocycles. The fourth-order valence-corrected chi connectivity index (χ4v) is 3.15. The molecule has 0 radical (unpaired) electrons. The van der Waals surface area contributed by atoms with Gasteiger partial charge < -0.3 is 10.4 Å². The number of hydrogen-bond acceptors (Lipinski definition) is 4. The summed E-state index contributed by atoms with van der Waals surface area (Å²) in [5.74, 6) is -0.827. The first-order valence-corrected chi connectivity index (χ1v) is 7.68. The summed E-state index contributed by atoms with van der Waals surface area (Å²) in [5.41, 5.74) is 1.13. The van der Waals surface area contributed by atoms with Crippen LogP contribution in [-0.2, 0) is 4.79 Å². The largest absolute Gasteiger partial charge is 0.477 e. The van der Waals surface area contributed by atoms with E-state index in [1.165, 1.54) is 17.8 Å². The molecule has 4 nitrogen and oxygen atoms in total. The summed E-state index contributed by atoms with van der Waals surface area (Å²) in [6, 6.07) is 10.9. The Morgan fingerprint density at radius 1 is 1.25 bits per heavy atom. The zero-order valence-electron chi connectivity index (χ0n) is 10.8. The Morgan fingerprint density at radius 3 is 2.65 bits per heavy atom. The molecular formula is C14H13NO3S2. The molecule has 2 rings (SSSR count). The second-order valence-corrected chi connectivity index (χ2v) is 6.17. The SMILES string of the molecule is Cc1ccccc1SCC(=O)Nc1ccc(C(=O)O)s1. The number of carboxylic acid groups (broad SMARTS) is 1. The number of nitrogens with one attached hydrogen (secondary N) is 1. The van der Waals surface area contributed by atoms with Crippen molar-refractivity contribution in [1.29, 1.82) is 0 Å². The van der Waals surface area contributed by atoms with E-state index in [1.807, 2.05) is 31.2 Å². The first-order valence-electron chi connectivity index (χ1n) is 5.87. The first-order chi connectivity index (χ1) is 9.56. The number of benzene rings is 1. The summed E-state index contributed by atoms with van der Waals surface area (Å²) in [6.07, 6.45) is 0. The molecule has 6 heteroatoms. The Hall–Kier alpha value is -1.79. The number of amides is 1. The van der Waals surface area contributed by atoms with Gasteiger partial charge in [0, 0.05) is 4.90 Å². The van der Waals surface area contributed by atoms with E-state index in [4.69, 9.17) is 5.11 Å². The van der Waals surface area contributed by atoms with Gasteiger partial charge in [-0.3, -0.25) is 4.79 Å². The lowest BCUT2D eigenvalue weighted by Gasteiger charge is -2.05. The molecule has 1 heterocycles. The molecule has 104 valence electrons. The number of carbonyl (C=O) groups excluding carboxylic acids is 1. The van der Waals surface area contributed by atoms with Gasteiger partial charge in [-0.15, -0.1) is 23.1 Å². The van der Waals surface area contributed by atoms with Crippen LogP contribution < -0.4 is 5.32 Å². The van der Waals surface area contributed by atoms with E-state index < -0.39 is 5.97 Å². The standard InChI is InChI=1S/C14H13NO3S2/c1-9-4-2-3-5-10(9)19-8-12(16)15-13-7-6-11(20-13)14(17)18/h2-7H,8H2,1H3,(H,15,16)(H,17,18). The minimum absolute atomic E-state index is 0.142. The summed E-state index contributed by atoms with van der Waals surface area (Å²) in [4.78, 5) is 23.8. The van der Waals surface area contributed by atoms with Gasteiger partial charge in [0.15, 0.2) is 0 Å². The number of carboxylic acids is 1. The Labute approximate surface area is 124 Å². The van der Waals surface area contributed by atoms with Crippen LogP contribution in [0.5, 0.6) is 0 Å². The minimum Gasteiger partial charge on any atom is -0.477 e. The van der Waals surface area contributed by atoms with Gasteiger partial charge in [-0.05, 0) is 30.7 Å². The van der Waals surface area contributed by atoms with Gasteiger partial charge >= 0.3 is 5.97 Å². The summed E-state index contributed by atoms with van der Waals surface area (Å²) in [7, 11) is 0. The van der Waals surface area contributed by atoms with E-state index in [1.54, 1.807) is 6.07 Å². The molecule has 0 aliphatic carbocycles. The number of thioether (sulfide) groups is 1. The van der Waals surface area contributed by atoms with E-state index in [0.717, 1.165) is 21.8 Å². The van der Waals surface area contributed by atoms with E-state index in [9.17, 15) is 9.59 Å². The molecule has 2 N–H and O–H groups in total. The van der Waals surface area contributed by atoms with Gasteiger partial charge in [0.2, 0.25) is 5.91 Å². The van der Waals surface area contributed by atoms with Crippen molar-refractivity contribution in [3.05, 3.63) is 46.8 Å². The summed E-state index contributed by atoms with van der Waals surface area (Å²) >= 11 is 2.52. The third-order valence-electron chi connectivity index (χ3n) is 2.53. The van der Waals surface area contributed by atoms with Crippen molar-refractivity contribution in [2.45, 2.75) is 11.8 Å². The number of aryl methyl sites for hydroxylation is 1. The van der Waals surface area contributed by atoms with Crippen LogP contribution in [0.25, 0.3) is 0 Å². The summed E-state index contributed by atoms with van der Waals surface area (Å²) < 4.78 is 0. The predicted octanol–water partition coefficient (Wildman–Crippen LogP) is 3.49. The Balaban J connectivity index is 1.89. The molecule has 0 bridgehead atoms. The molecule has 0 spiro atoms. The topological polar surface area (TPSA) is 66.4 Å². The number of anilines is 1. The van der Waals surface area contributed by atoms with Gasteiger partial charge in [0.25, 0.3) is 0 Å². The molecular weight excluding hydrogens is 294 g/mol. The first kappa shape index (κ1) is 14.6. The van der Waals surface area contributed by atoms with Crippen LogP contribution in [0, 0.1) is 6.92 Å². The second kappa shape index (κ2) is 6.58. The predicted molar refractivity (Wildman–Crippen MR) is 81.8 cm³/mol. The average Bonchev–Trinajstić information content (AvgIpc) is 2.86. The third kappa shape index (κ3) is 3.85. The van der Waals surface area contributed by atoms with Crippen molar-refractivity contribution >= 4 is 40.0 Å². The van der Waals surface area contributed by atoms with Crippen LogP contribution in [0.2, 0.25) is 0 Å². The van der Waals surface area contributed by atoms with Gasteiger partial charge in [-0.1, -0.05) is 18.2 Å². The third-order valence-corrected chi connectivity index (χ3v) is 4.70. The molecule has 1 aromatic heterocycles. The van der Waals surface area contributed by atoms with E-state index in [2.05, 4.69) is 5.32 Å². The molecule has 1 aromatic carbocycles. The summed E-state index contributed by atoms with van der Waals surface area (Å²) in [5, 5.41) is 12.1. The number of carbonyl (C=O) groups is 2. The van der Waals surface area contributed by atoms with E-state index in [-0.39, 0.29) is 10.8 Å². The monoisotopic (exact) mass is 307 g/mol. The van der Waals surface area contributed by atoms with Gasteiger partial charge in [0.1, 0.15) is 4.88 Å². The highest BCUT2D eigenvalue weighted by Crippen LogP contribution is 2.24. The normalized spacial score (nSPS) is 10.2. The fraction of sp³-hybridized carbons (Fsp3) is 0.143. The lowest BCUT2D eigenvalue weighted by molar-refractivity contribution is -0.113. The maximum absolute atomic E-state index is 11.8. The minimum atomic E-state index is -0.982. The molecule has 0 unspecified atom stereocenters. The van der Waals surface area contributed by atoms with Crippen LogP contribution in [0.3, 0.4) is 0 Å². The van der Waals surface area contributed by atoms with Gasteiger partial charge in [0.05, 0.1) is 10.8 Å². The Morgan fingerprint density at radius 2 is 2.00 bits per heavy atom. The zero-order chi connectivity index (χ0) is 14.5. The number of aromatic carboxylic acids is 1. The lowest BCUT2D eigenvalue weighted by atomic mass is 10.2. The molecule has 20 heavy (non-hydrogen) atoms. The van der Waals surface area contributed by atoms with Crippen molar-refractivity contribution in [1.82, 2.24) is 0 Å².